The fourth-order valence-corrected chi connectivity index (χ4v) is 1.88. The zero-order valence-corrected chi connectivity index (χ0v) is 11.8. The average molecular weight is 250 g/mol. The SMILES string of the molecule is Cc1cc(C(=O)O)cc(N(CC(C)C)C(C)C)n1. The summed E-state index contributed by atoms with van der Waals surface area (Å²) in [5, 5.41) is 9.09. The molecule has 0 bridgehead atoms. The predicted molar refractivity (Wildman–Crippen MR) is 73.3 cm³/mol. The van der Waals surface area contributed by atoms with Crippen molar-refractivity contribution in [3.8, 4) is 0 Å². The van der Waals surface area contributed by atoms with Gasteiger partial charge in [0.1, 0.15) is 5.82 Å². The lowest BCUT2D eigenvalue weighted by Crippen LogP contribution is -2.35. The van der Waals surface area contributed by atoms with Crippen molar-refractivity contribution in [3.05, 3.63) is 23.4 Å². The summed E-state index contributed by atoms with van der Waals surface area (Å²) < 4.78 is 0. The van der Waals surface area contributed by atoms with Gasteiger partial charge in [0.15, 0.2) is 0 Å². The predicted octanol–water partition coefficient (Wildman–Crippen LogP) is 2.96. The van der Waals surface area contributed by atoms with Crippen LogP contribution in [0.15, 0.2) is 12.1 Å². The highest BCUT2D eigenvalue weighted by Gasteiger charge is 2.16. The summed E-state index contributed by atoms with van der Waals surface area (Å²) in [6.45, 7) is 11.2. The van der Waals surface area contributed by atoms with E-state index in [-0.39, 0.29) is 0 Å². The van der Waals surface area contributed by atoms with E-state index in [1.54, 1.807) is 12.1 Å². The van der Waals surface area contributed by atoms with E-state index in [2.05, 4.69) is 37.6 Å². The Hall–Kier alpha value is -1.58. The summed E-state index contributed by atoms with van der Waals surface area (Å²) in [6.07, 6.45) is 0. The molecule has 0 fully saturated rings. The molecule has 100 valence electrons. The molecular formula is C14H22N2O2. The first-order chi connectivity index (χ1) is 8.31. The van der Waals surface area contributed by atoms with Crippen molar-refractivity contribution in [3.63, 3.8) is 0 Å². The van der Waals surface area contributed by atoms with Crippen LogP contribution in [0.1, 0.15) is 43.7 Å². The number of carboxylic acid groups (broad SMARTS) is 1. The molecule has 1 rings (SSSR count). The van der Waals surface area contributed by atoms with Crippen LogP contribution < -0.4 is 4.90 Å². The third-order valence-electron chi connectivity index (χ3n) is 2.67. The average Bonchev–Trinajstić information content (AvgIpc) is 2.24. The van der Waals surface area contributed by atoms with Crippen molar-refractivity contribution >= 4 is 11.8 Å². The molecule has 1 N–H and O–H groups in total. The van der Waals surface area contributed by atoms with E-state index in [0.717, 1.165) is 18.1 Å². The van der Waals surface area contributed by atoms with E-state index in [4.69, 9.17) is 5.11 Å². The molecule has 0 saturated carbocycles. The monoisotopic (exact) mass is 250 g/mol. The third-order valence-corrected chi connectivity index (χ3v) is 2.67. The number of rotatable bonds is 5. The fraction of sp³-hybridized carbons (Fsp3) is 0.571. The van der Waals surface area contributed by atoms with Crippen LogP contribution in [0.4, 0.5) is 5.82 Å². The van der Waals surface area contributed by atoms with Crippen molar-refractivity contribution in [2.45, 2.75) is 40.7 Å². The smallest absolute Gasteiger partial charge is 0.335 e. The number of aromatic nitrogens is 1. The molecule has 0 aliphatic carbocycles. The lowest BCUT2D eigenvalue weighted by molar-refractivity contribution is 0.0696. The molecule has 1 aromatic rings. The molecule has 0 radical (unpaired) electrons. The van der Waals surface area contributed by atoms with Crippen LogP contribution >= 0.6 is 0 Å². The van der Waals surface area contributed by atoms with Crippen molar-refractivity contribution in [1.82, 2.24) is 4.98 Å². The van der Waals surface area contributed by atoms with Crippen LogP contribution in [0.5, 0.6) is 0 Å². The number of carboxylic acids is 1. The third kappa shape index (κ3) is 3.72. The molecule has 0 aliphatic rings. The Labute approximate surface area is 109 Å². The minimum atomic E-state index is -0.907. The molecular weight excluding hydrogens is 228 g/mol. The lowest BCUT2D eigenvalue weighted by Gasteiger charge is -2.30. The van der Waals surface area contributed by atoms with E-state index in [1.165, 1.54) is 0 Å². The molecule has 0 atom stereocenters. The number of anilines is 1. The van der Waals surface area contributed by atoms with Crippen LogP contribution in [0.3, 0.4) is 0 Å². The number of hydrogen-bond acceptors (Lipinski definition) is 3. The number of hydrogen-bond donors (Lipinski definition) is 1. The van der Waals surface area contributed by atoms with E-state index in [0.29, 0.717) is 17.5 Å². The topological polar surface area (TPSA) is 53.4 Å². The number of carbonyl (C=O) groups is 1. The second-order valence-electron chi connectivity index (χ2n) is 5.30. The van der Waals surface area contributed by atoms with Crippen LogP contribution in [0, 0.1) is 12.8 Å². The normalized spacial score (nSPS) is 11.1. The van der Waals surface area contributed by atoms with Crippen LogP contribution in [-0.2, 0) is 0 Å². The Morgan fingerprint density at radius 3 is 2.39 bits per heavy atom. The Kier molecular flexibility index (Phi) is 4.70. The fourth-order valence-electron chi connectivity index (χ4n) is 1.88. The van der Waals surface area contributed by atoms with Crippen LogP contribution in [0.2, 0.25) is 0 Å². The molecule has 4 heteroatoms. The Balaban J connectivity index is 3.15. The van der Waals surface area contributed by atoms with E-state index < -0.39 is 5.97 Å². The summed E-state index contributed by atoms with van der Waals surface area (Å²) in [6, 6.07) is 3.54. The van der Waals surface area contributed by atoms with Gasteiger partial charge >= 0.3 is 5.97 Å². The molecule has 0 unspecified atom stereocenters. The zero-order valence-electron chi connectivity index (χ0n) is 11.8. The van der Waals surface area contributed by atoms with Crippen molar-refractivity contribution < 1.29 is 9.90 Å². The Bertz CT molecular complexity index is 428. The minimum absolute atomic E-state index is 0.295. The maximum Gasteiger partial charge on any atom is 0.335 e. The molecule has 18 heavy (non-hydrogen) atoms. The number of aromatic carboxylic acids is 1. The number of aryl methyl sites for hydroxylation is 1. The molecule has 1 aromatic heterocycles. The van der Waals surface area contributed by atoms with Gasteiger partial charge in [-0.05, 0) is 38.8 Å². The summed E-state index contributed by atoms with van der Waals surface area (Å²) in [5.41, 5.74) is 1.03. The van der Waals surface area contributed by atoms with Gasteiger partial charge in [0.05, 0.1) is 5.56 Å². The highest BCUT2D eigenvalue weighted by atomic mass is 16.4. The molecule has 0 amide bonds. The van der Waals surface area contributed by atoms with Crippen molar-refractivity contribution in [2.75, 3.05) is 11.4 Å². The molecule has 4 nitrogen and oxygen atoms in total. The number of nitrogens with zero attached hydrogens (tertiary/aromatic N) is 2. The van der Waals surface area contributed by atoms with Gasteiger partial charge in [-0.15, -0.1) is 0 Å². The molecule has 1 heterocycles. The standard InChI is InChI=1S/C14H22N2O2/c1-9(2)8-16(10(3)4)13-7-12(14(17)18)6-11(5)15-13/h6-7,9-10H,8H2,1-5H3,(H,17,18). The van der Waals surface area contributed by atoms with Gasteiger partial charge in [-0.3, -0.25) is 0 Å². The zero-order chi connectivity index (χ0) is 13.9. The van der Waals surface area contributed by atoms with Gasteiger partial charge < -0.3 is 10.0 Å². The molecule has 0 saturated heterocycles. The molecule has 0 aromatic carbocycles. The Morgan fingerprint density at radius 2 is 1.94 bits per heavy atom. The first kappa shape index (κ1) is 14.5. The van der Waals surface area contributed by atoms with Gasteiger partial charge in [0, 0.05) is 18.3 Å². The van der Waals surface area contributed by atoms with E-state index >= 15 is 0 Å². The van der Waals surface area contributed by atoms with Gasteiger partial charge in [-0.25, -0.2) is 9.78 Å². The van der Waals surface area contributed by atoms with Gasteiger partial charge in [-0.1, -0.05) is 13.8 Å². The van der Waals surface area contributed by atoms with Crippen molar-refractivity contribution in [2.24, 2.45) is 5.92 Å². The summed E-state index contributed by atoms with van der Waals surface area (Å²) >= 11 is 0. The molecule has 0 spiro atoms. The van der Waals surface area contributed by atoms with Gasteiger partial charge in [0.2, 0.25) is 0 Å². The van der Waals surface area contributed by atoms with Crippen LogP contribution in [-0.4, -0.2) is 28.6 Å². The van der Waals surface area contributed by atoms with Gasteiger partial charge in [-0.2, -0.15) is 0 Å². The quantitative estimate of drug-likeness (QED) is 0.873. The van der Waals surface area contributed by atoms with Crippen molar-refractivity contribution in [1.29, 1.82) is 0 Å². The second kappa shape index (κ2) is 5.85. The minimum Gasteiger partial charge on any atom is -0.478 e. The first-order valence-electron chi connectivity index (χ1n) is 6.30. The Morgan fingerprint density at radius 1 is 1.33 bits per heavy atom. The maximum absolute atomic E-state index is 11.1. The maximum atomic E-state index is 11.1. The number of pyridine rings is 1. The van der Waals surface area contributed by atoms with Crippen LogP contribution in [0.25, 0.3) is 0 Å². The summed E-state index contributed by atoms with van der Waals surface area (Å²) in [4.78, 5) is 17.7. The summed E-state index contributed by atoms with van der Waals surface area (Å²) in [7, 11) is 0. The van der Waals surface area contributed by atoms with E-state index in [9.17, 15) is 4.79 Å². The first-order valence-corrected chi connectivity index (χ1v) is 6.30. The second-order valence-corrected chi connectivity index (χ2v) is 5.30. The highest BCUT2D eigenvalue weighted by molar-refractivity contribution is 5.88. The van der Waals surface area contributed by atoms with Gasteiger partial charge in [0.25, 0.3) is 0 Å². The highest BCUT2D eigenvalue weighted by Crippen LogP contribution is 2.19. The molecule has 0 aliphatic heterocycles. The lowest BCUT2D eigenvalue weighted by atomic mass is 10.1. The largest absolute Gasteiger partial charge is 0.478 e. The van der Waals surface area contributed by atoms with E-state index in [1.807, 2.05) is 6.92 Å². The summed E-state index contributed by atoms with van der Waals surface area (Å²) in [5.74, 6) is 0.342.